The van der Waals surface area contributed by atoms with Crippen molar-refractivity contribution in [1.29, 1.82) is 0 Å². The van der Waals surface area contributed by atoms with Crippen LogP contribution in [0.4, 0.5) is 0 Å². The van der Waals surface area contributed by atoms with E-state index in [4.69, 9.17) is 5.48 Å². The van der Waals surface area contributed by atoms with Crippen LogP contribution in [0.2, 0.25) is 0 Å². The highest BCUT2D eigenvalue weighted by Crippen LogP contribution is 2.47. The van der Waals surface area contributed by atoms with Crippen LogP contribution in [0.5, 0.6) is 0 Å². The number of hydrogen-bond donors (Lipinski definition) is 0. The zero-order chi connectivity index (χ0) is 92.9. The van der Waals surface area contributed by atoms with E-state index in [0.29, 0.717) is 23.0 Å². The quantitative estimate of drug-likeness (QED) is 0.142. The average molecular weight is 1590 g/mol. The topological polar surface area (TPSA) is 0 Å². The normalized spacial score (nSPS) is 14.6. The monoisotopic (exact) mass is 1590 g/mol. The first-order valence-electron chi connectivity index (χ1n) is 48.1. The molecule has 0 saturated heterocycles. The number of benzene rings is 8. The fraction of sp³-hybridized carbons (Fsp3) is 0.590. The van der Waals surface area contributed by atoms with Crippen molar-refractivity contribution in [2.45, 2.75) is 452 Å². The molecule has 0 spiro atoms. The summed E-state index contributed by atoms with van der Waals surface area (Å²) < 4.78 is 31.0. The van der Waals surface area contributed by atoms with Crippen molar-refractivity contribution in [3.8, 4) is 0 Å². The van der Waals surface area contributed by atoms with Gasteiger partial charge in [-0.3, -0.25) is 0 Å². The van der Waals surface area contributed by atoms with Gasteiger partial charge in [-0.25, -0.2) is 0 Å². The first-order chi connectivity index (χ1) is 55.4. The maximum Gasteiger partial charge on any atom is 0.0629 e. The van der Waals surface area contributed by atoms with E-state index in [-0.39, 0.29) is 78.3 Å². The molecule has 0 nitrogen and oxygen atoms in total. The highest BCUT2D eigenvalue weighted by Gasteiger charge is 2.34. The second-order valence-corrected chi connectivity index (χ2v) is 45.2. The summed E-state index contributed by atoms with van der Waals surface area (Å²) in [7, 11) is 0. The van der Waals surface area contributed by atoms with Crippen LogP contribution < -0.4 is 0 Å². The van der Waals surface area contributed by atoms with Gasteiger partial charge >= 0.3 is 0 Å². The Bertz CT molecular complexity index is 4170. The van der Waals surface area contributed by atoms with Gasteiger partial charge in [0.1, 0.15) is 0 Å². The van der Waals surface area contributed by atoms with Crippen molar-refractivity contribution in [3.05, 3.63) is 281 Å². The van der Waals surface area contributed by atoms with E-state index in [1.165, 1.54) is 162 Å². The summed E-state index contributed by atoms with van der Waals surface area (Å²) in [5, 5.41) is 0. The minimum Gasteiger partial charge on any atom is -0.0648 e. The van der Waals surface area contributed by atoms with Crippen molar-refractivity contribution in [2.24, 2.45) is 0 Å². The van der Waals surface area contributed by atoms with Crippen LogP contribution in [0.1, 0.15) is 471 Å². The number of hydrogen-bond acceptors (Lipinski definition) is 0. The molecule has 0 bridgehead atoms. The maximum atomic E-state index is 7.91. The van der Waals surface area contributed by atoms with Gasteiger partial charge in [-0.05, 0) is 289 Å². The summed E-state index contributed by atoms with van der Waals surface area (Å²) in [6.07, 6.45) is 19.2. The van der Waals surface area contributed by atoms with Gasteiger partial charge in [0.25, 0.3) is 0 Å². The van der Waals surface area contributed by atoms with Crippen LogP contribution in [0.3, 0.4) is 0 Å². The molecule has 0 atom stereocenters. The average Bonchev–Trinajstić information content (AvgIpc) is 0.773. The van der Waals surface area contributed by atoms with E-state index in [1.807, 2.05) is 20.8 Å². The second kappa shape index (κ2) is 45.1. The van der Waals surface area contributed by atoms with E-state index in [2.05, 4.69) is 396 Å². The fourth-order valence-corrected chi connectivity index (χ4v) is 18.8. The molecule has 0 aliphatic heterocycles. The molecule has 117 heavy (non-hydrogen) atoms. The zero-order valence-corrected chi connectivity index (χ0v) is 84.0. The molecule has 2 aliphatic carbocycles. The van der Waals surface area contributed by atoms with Gasteiger partial charge in [-0.1, -0.05) is 443 Å². The van der Waals surface area contributed by atoms with Crippen molar-refractivity contribution >= 4 is 0 Å². The van der Waals surface area contributed by atoms with E-state index < -0.39 is 0 Å². The maximum absolute atomic E-state index is 7.91. The Morgan fingerprint density at radius 3 is 0.786 bits per heavy atom. The van der Waals surface area contributed by atoms with Crippen LogP contribution in [-0.4, -0.2) is 0 Å². The molecule has 0 aromatic heterocycles. The van der Waals surface area contributed by atoms with Crippen LogP contribution >= 0.6 is 0 Å². The van der Waals surface area contributed by atoms with Gasteiger partial charge < -0.3 is 0 Å². The van der Waals surface area contributed by atoms with E-state index >= 15 is 0 Å². The van der Waals surface area contributed by atoms with Crippen molar-refractivity contribution in [3.63, 3.8) is 0 Å². The molecule has 8 aromatic carbocycles. The predicted octanol–water partition coefficient (Wildman–Crippen LogP) is 36.5. The first kappa shape index (κ1) is 97.9. The number of rotatable bonds is 8. The van der Waals surface area contributed by atoms with Crippen molar-refractivity contribution in [1.82, 2.24) is 0 Å². The third-order valence-corrected chi connectivity index (χ3v) is 24.0. The Morgan fingerprint density at radius 1 is 0.265 bits per heavy atom. The lowest BCUT2D eigenvalue weighted by atomic mass is 9.69. The summed E-state index contributed by atoms with van der Waals surface area (Å²) in [5.74, 6) is 3.06. The molecule has 650 valence electrons. The highest BCUT2D eigenvalue weighted by molar-refractivity contribution is 5.49. The smallest absolute Gasteiger partial charge is 0.0629 e. The van der Waals surface area contributed by atoms with E-state index in [0.717, 1.165) is 11.8 Å². The summed E-state index contributed by atoms with van der Waals surface area (Å²) >= 11 is 0. The van der Waals surface area contributed by atoms with Gasteiger partial charge in [-0.15, -0.1) is 0 Å². The van der Waals surface area contributed by atoms with Crippen LogP contribution in [0.15, 0.2) is 164 Å². The molecule has 0 amide bonds. The molecule has 0 N–H and O–H groups in total. The predicted molar refractivity (Wildman–Crippen MR) is 530 cm³/mol. The Kier molecular flexibility index (Phi) is 37.7. The van der Waals surface area contributed by atoms with Gasteiger partial charge in [0.15, 0.2) is 0 Å². The first-order valence-corrected chi connectivity index (χ1v) is 46.1. The standard InChI is InChI=1S/C22H34.C20H34.C18H30.2C12H18.3C11H16/c1-22(2,3)21-19(17-11-6-4-7-12-17)15-10-16-20(21)18-13-8-5-9-14-18;1-8-15(9-2)17-13-12-14-18(16(10-3)11-4)19(17)20(5,6)7;1-16(2,3)13-11-10-12-14(17(4,5)6)15(13)18(7,8)9;2*1-9-7-6-8-10(2)11(9)12(3,4)5;1-9-6-5-7-10(8-9)11(2,3)4;2*1-9-7-5-6-8-10(9)11(2,3)4/h10,15-18H,4-9,11-14H2,1-3H3;12-16H,8-11H2,1-7H3;10-12H,1-9H3;2*6-8H,1-5H3;3*5-8H,1-4H3/i;;;;;5D,6D,7D,8D;;. The second-order valence-electron chi connectivity index (χ2n) is 45.2. The lowest BCUT2D eigenvalue weighted by Crippen LogP contribution is -2.27. The Balaban J connectivity index is 0.000000362. The summed E-state index contributed by atoms with van der Waals surface area (Å²) in [5.41, 5.74) is 31.7. The molecule has 8 aromatic rings. The third kappa shape index (κ3) is 33.3. The van der Waals surface area contributed by atoms with Gasteiger partial charge in [0.05, 0.1) is 5.48 Å². The summed E-state index contributed by atoms with van der Waals surface area (Å²) in [6, 6.07) is 51.5. The Labute approximate surface area is 733 Å². The van der Waals surface area contributed by atoms with Crippen molar-refractivity contribution in [2.75, 3.05) is 0 Å². The summed E-state index contributed by atoms with van der Waals surface area (Å²) in [4.78, 5) is 0. The molecule has 2 saturated carbocycles. The Hall–Kier alpha value is -6.24. The number of aryl methyl sites for hydroxylation is 6. The van der Waals surface area contributed by atoms with Gasteiger partial charge in [-0.2, -0.15) is 0 Å². The Morgan fingerprint density at radius 2 is 0.530 bits per heavy atom. The minimum atomic E-state index is -0.331. The van der Waals surface area contributed by atoms with Crippen LogP contribution in [0, 0.1) is 48.5 Å². The van der Waals surface area contributed by atoms with Gasteiger partial charge in [0.2, 0.25) is 0 Å². The molecule has 0 unspecified atom stereocenters. The molecular weight excluding hydrogens is 1410 g/mol. The van der Waals surface area contributed by atoms with E-state index in [9.17, 15) is 0 Å². The van der Waals surface area contributed by atoms with E-state index in [1.54, 1.807) is 40.3 Å². The summed E-state index contributed by atoms with van der Waals surface area (Å²) in [6.45, 7) is 92.1. The lowest BCUT2D eigenvalue weighted by Gasteiger charge is -2.36. The third-order valence-electron chi connectivity index (χ3n) is 24.0. The highest BCUT2D eigenvalue weighted by atomic mass is 14.4. The SMILES string of the molecule is CC(C)(C)c1c(C2CCCCC2)cccc1C1CCCCC1.CC(C)(C)c1cccc(C(C)(C)C)c1C(C)(C)C.CCC(CC)c1cccc(C(CC)CC)c1C(C)(C)C.Cc1cccc(C)c1C(C)(C)C.Cc1cccc(C)c1C(C)(C)C.Cc1ccccc1C(C)(C)C.Cc1ccccc1C(C)(C)C.[2H]c1c([2H])c(C)c([2H])c(C(C)(C)C)c1[2H]. The molecule has 2 aliphatic rings. The van der Waals surface area contributed by atoms with Crippen molar-refractivity contribution < 1.29 is 5.48 Å². The van der Waals surface area contributed by atoms with Gasteiger partial charge in [0, 0.05) is 0 Å². The largest absolute Gasteiger partial charge is 0.0648 e. The zero-order valence-electron chi connectivity index (χ0n) is 88.0. The fourth-order valence-electron chi connectivity index (χ4n) is 18.8. The molecule has 0 radical (unpaired) electrons. The molecule has 0 heteroatoms. The molecule has 0 heterocycles. The lowest BCUT2D eigenvalue weighted by molar-refractivity contribution is 0.420. The molecule has 10 rings (SSSR count). The molecular formula is C117H182. The molecule has 2 fully saturated rings. The minimum absolute atomic E-state index is 0.00185. The van der Waals surface area contributed by atoms with Crippen LogP contribution in [0.25, 0.3) is 0 Å². The van der Waals surface area contributed by atoms with Crippen LogP contribution in [-0.2, 0) is 54.1 Å².